The summed E-state index contributed by atoms with van der Waals surface area (Å²) in [5.74, 6) is 4.98. The van der Waals surface area contributed by atoms with Crippen molar-refractivity contribution in [3.63, 3.8) is 0 Å². The Hall–Kier alpha value is -0.670. The fraction of sp³-hybridized carbons (Fsp3) is 0.880. The molecule has 0 amide bonds. The Morgan fingerprint density at radius 2 is 1.82 bits per heavy atom. The summed E-state index contributed by atoms with van der Waals surface area (Å²) in [7, 11) is 0. The van der Waals surface area contributed by atoms with E-state index in [1.165, 1.54) is 32.1 Å². The molecule has 1 saturated heterocycles. The first-order valence-electron chi connectivity index (χ1n) is 12.0. The van der Waals surface area contributed by atoms with Gasteiger partial charge in [0.05, 0.1) is 0 Å². The van der Waals surface area contributed by atoms with Crippen LogP contribution in [0.4, 0.5) is 0 Å². The van der Waals surface area contributed by atoms with Crippen LogP contribution in [0.1, 0.15) is 65.2 Å². The van der Waals surface area contributed by atoms with E-state index in [1.807, 2.05) is 0 Å². The van der Waals surface area contributed by atoms with E-state index < -0.39 is 0 Å². The first-order valence-corrected chi connectivity index (χ1v) is 12.0. The molecular formula is C25H39NO2. The molecule has 5 fully saturated rings. The highest BCUT2D eigenvalue weighted by atomic mass is 16.3. The monoisotopic (exact) mass is 385 g/mol. The van der Waals surface area contributed by atoms with Gasteiger partial charge in [-0.3, -0.25) is 4.79 Å². The Balaban J connectivity index is 1.37. The minimum atomic E-state index is -0.0888. The highest BCUT2D eigenvalue weighted by Crippen LogP contribution is 2.67. The van der Waals surface area contributed by atoms with Gasteiger partial charge in [-0.1, -0.05) is 26.0 Å². The van der Waals surface area contributed by atoms with Crippen molar-refractivity contribution in [3.05, 3.63) is 12.2 Å². The molecule has 3 nitrogen and oxygen atoms in total. The van der Waals surface area contributed by atoms with Crippen molar-refractivity contribution in [1.29, 1.82) is 0 Å². The molecule has 0 aromatic rings. The summed E-state index contributed by atoms with van der Waals surface area (Å²) in [4.78, 5) is 12.7. The van der Waals surface area contributed by atoms with Crippen molar-refractivity contribution in [1.82, 2.24) is 5.32 Å². The number of nitrogens with one attached hydrogen (secondary N) is 1. The van der Waals surface area contributed by atoms with E-state index in [2.05, 4.69) is 31.3 Å². The maximum Gasteiger partial charge on any atom is 0.139 e. The smallest absolute Gasteiger partial charge is 0.139 e. The van der Waals surface area contributed by atoms with Crippen LogP contribution in [0.3, 0.4) is 0 Å². The second-order valence-corrected chi connectivity index (χ2v) is 11.4. The third kappa shape index (κ3) is 2.79. The number of fused-ring (bicyclic) bond motifs is 5. The molecule has 28 heavy (non-hydrogen) atoms. The molecule has 0 aromatic heterocycles. The highest BCUT2D eigenvalue weighted by molar-refractivity contribution is 5.87. The lowest BCUT2D eigenvalue weighted by Crippen LogP contribution is -2.57. The van der Waals surface area contributed by atoms with E-state index in [0.717, 1.165) is 50.1 Å². The molecule has 1 heterocycles. The van der Waals surface area contributed by atoms with Crippen LogP contribution in [-0.2, 0) is 4.79 Å². The molecule has 2 N–H and O–H groups in total. The largest absolute Gasteiger partial charge is 0.396 e. The number of ketones is 1. The van der Waals surface area contributed by atoms with E-state index in [1.54, 1.807) is 0 Å². The number of aliphatic hydroxyl groups is 1. The van der Waals surface area contributed by atoms with Crippen LogP contribution < -0.4 is 5.32 Å². The van der Waals surface area contributed by atoms with Crippen molar-refractivity contribution in [2.75, 3.05) is 19.7 Å². The van der Waals surface area contributed by atoms with Gasteiger partial charge in [0.2, 0.25) is 0 Å². The van der Waals surface area contributed by atoms with Gasteiger partial charge >= 0.3 is 0 Å². The molecular weight excluding hydrogens is 346 g/mol. The Bertz CT molecular complexity index is 655. The average molecular weight is 386 g/mol. The number of hydrogen-bond donors (Lipinski definition) is 2. The van der Waals surface area contributed by atoms with Crippen LogP contribution in [0.15, 0.2) is 12.2 Å². The fourth-order valence-corrected chi connectivity index (χ4v) is 8.36. The normalized spacial score (nSPS) is 51.5. The molecule has 0 radical (unpaired) electrons. The average Bonchev–Trinajstić information content (AvgIpc) is 2.95. The summed E-state index contributed by atoms with van der Waals surface area (Å²) < 4.78 is 0. The number of carbonyl (C=O) groups excluding carboxylic acids is 1. The van der Waals surface area contributed by atoms with E-state index in [9.17, 15) is 9.90 Å². The third-order valence-corrected chi connectivity index (χ3v) is 10.3. The van der Waals surface area contributed by atoms with Crippen molar-refractivity contribution in [2.24, 2.45) is 52.3 Å². The first kappa shape index (κ1) is 19.3. The van der Waals surface area contributed by atoms with Crippen LogP contribution in [-0.4, -0.2) is 30.6 Å². The molecule has 3 heteroatoms. The maximum atomic E-state index is 12.7. The predicted octanol–water partition coefficient (Wildman–Crippen LogP) is 4.21. The Labute approximate surface area is 170 Å². The standard InChI is InChI=1S/C25H39NO2/c1-24-9-7-16(3-4-17-13-26-14-17)11-19(24)12-18(15-27)23-20-5-6-22(28)25(20,2)10-8-21(23)24/h3-4,16-21,23,26-27H,5-15H2,1-2H3/t16-,18+,19?,20+,21+,23+,24+,25+/m1/s1. The number of carbonyl (C=O) groups is 1. The maximum absolute atomic E-state index is 12.7. The second-order valence-electron chi connectivity index (χ2n) is 11.4. The van der Waals surface area contributed by atoms with Crippen molar-refractivity contribution >= 4 is 5.78 Å². The molecule has 4 aliphatic carbocycles. The summed E-state index contributed by atoms with van der Waals surface area (Å²) in [5.41, 5.74) is 0.334. The number of Topliss-reactive ketones (excluding diaryl/α,β-unsaturated/α-hetero) is 1. The SMILES string of the molecule is C[C@]12CC[C@@H](C=CC3CNC3)CC1C[C@@H](CO)[C@@H]1[C@@H]2CC[C@]2(C)C(=O)CC[C@@H]12. The molecule has 1 unspecified atom stereocenters. The lowest BCUT2D eigenvalue weighted by atomic mass is 9.42. The molecule has 5 rings (SSSR count). The topological polar surface area (TPSA) is 49.3 Å². The molecule has 0 spiro atoms. The van der Waals surface area contributed by atoms with Gasteiger partial charge in [0, 0.05) is 37.5 Å². The number of allylic oxidation sites excluding steroid dienone is 1. The summed E-state index contributed by atoms with van der Waals surface area (Å²) in [6, 6.07) is 0. The zero-order chi connectivity index (χ0) is 19.5. The summed E-state index contributed by atoms with van der Waals surface area (Å²) in [6.45, 7) is 7.46. The number of hydrogen-bond acceptors (Lipinski definition) is 3. The van der Waals surface area contributed by atoms with Gasteiger partial charge in [-0.25, -0.2) is 0 Å². The minimum Gasteiger partial charge on any atom is -0.396 e. The van der Waals surface area contributed by atoms with Crippen molar-refractivity contribution in [2.45, 2.75) is 65.2 Å². The molecule has 5 aliphatic rings. The molecule has 0 aromatic carbocycles. The van der Waals surface area contributed by atoms with Gasteiger partial charge in [0.1, 0.15) is 5.78 Å². The summed E-state index contributed by atoms with van der Waals surface area (Å²) in [6.07, 6.45) is 14.3. The summed E-state index contributed by atoms with van der Waals surface area (Å²) in [5, 5.41) is 13.7. The molecule has 8 atom stereocenters. The van der Waals surface area contributed by atoms with E-state index >= 15 is 0 Å². The van der Waals surface area contributed by atoms with Gasteiger partial charge < -0.3 is 10.4 Å². The lowest BCUT2D eigenvalue weighted by Gasteiger charge is -2.62. The van der Waals surface area contributed by atoms with Crippen LogP contribution in [0.2, 0.25) is 0 Å². The van der Waals surface area contributed by atoms with Crippen LogP contribution >= 0.6 is 0 Å². The molecule has 4 saturated carbocycles. The minimum absolute atomic E-state index is 0.0888. The first-order chi connectivity index (χ1) is 13.5. The molecule has 0 bridgehead atoms. The summed E-state index contributed by atoms with van der Waals surface area (Å²) >= 11 is 0. The predicted molar refractivity (Wildman–Crippen MR) is 112 cm³/mol. The van der Waals surface area contributed by atoms with E-state index in [4.69, 9.17) is 0 Å². The van der Waals surface area contributed by atoms with Gasteiger partial charge in [-0.2, -0.15) is 0 Å². The van der Waals surface area contributed by atoms with Crippen LogP contribution in [0.25, 0.3) is 0 Å². The highest BCUT2D eigenvalue weighted by Gasteiger charge is 2.62. The fourth-order valence-electron chi connectivity index (χ4n) is 8.36. The zero-order valence-electron chi connectivity index (χ0n) is 17.8. The number of rotatable bonds is 3. The van der Waals surface area contributed by atoms with Gasteiger partial charge in [0.15, 0.2) is 0 Å². The van der Waals surface area contributed by atoms with Crippen molar-refractivity contribution < 1.29 is 9.90 Å². The van der Waals surface area contributed by atoms with Gasteiger partial charge in [-0.05, 0) is 85.9 Å². The second kappa shape index (κ2) is 6.94. The van der Waals surface area contributed by atoms with Crippen molar-refractivity contribution in [3.8, 4) is 0 Å². The van der Waals surface area contributed by atoms with Gasteiger partial charge in [0.25, 0.3) is 0 Å². The quantitative estimate of drug-likeness (QED) is 0.716. The van der Waals surface area contributed by atoms with Gasteiger partial charge in [-0.15, -0.1) is 0 Å². The van der Waals surface area contributed by atoms with Crippen LogP contribution in [0.5, 0.6) is 0 Å². The lowest BCUT2D eigenvalue weighted by molar-refractivity contribution is -0.154. The van der Waals surface area contributed by atoms with Crippen LogP contribution in [0, 0.1) is 52.3 Å². The Kier molecular flexibility index (Phi) is 4.79. The Morgan fingerprint density at radius 3 is 2.54 bits per heavy atom. The third-order valence-electron chi connectivity index (χ3n) is 10.3. The van der Waals surface area contributed by atoms with E-state index in [0.29, 0.717) is 41.5 Å². The molecule has 1 aliphatic heterocycles. The molecule has 156 valence electrons. The Morgan fingerprint density at radius 1 is 1.04 bits per heavy atom. The number of aliphatic hydroxyl groups excluding tert-OH is 1. The van der Waals surface area contributed by atoms with E-state index in [-0.39, 0.29) is 5.41 Å². The zero-order valence-corrected chi connectivity index (χ0v) is 17.8.